The van der Waals surface area contributed by atoms with Crippen LogP contribution in [0.5, 0.6) is 23.0 Å². The van der Waals surface area contributed by atoms with Crippen molar-refractivity contribution in [2.45, 2.75) is 13.8 Å². The van der Waals surface area contributed by atoms with Crippen LogP contribution >= 0.6 is 0 Å². The summed E-state index contributed by atoms with van der Waals surface area (Å²) in [5.74, 6) is -11.3. The maximum Gasteiger partial charge on any atom is 0.255 e. The zero-order valence-electron chi connectivity index (χ0n) is 37.9. The second kappa shape index (κ2) is 20.7. The van der Waals surface area contributed by atoms with Gasteiger partial charge in [0.1, 0.15) is 23.1 Å². The van der Waals surface area contributed by atoms with Gasteiger partial charge in [-0.05, 0) is 111 Å². The predicted molar refractivity (Wildman–Crippen MR) is 257 cm³/mol. The van der Waals surface area contributed by atoms with Crippen LogP contribution in [-0.2, 0) is 0 Å². The molecule has 362 valence electrons. The van der Waals surface area contributed by atoms with E-state index in [2.05, 4.69) is 35.2 Å². The third-order valence-corrected chi connectivity index (χ3v) is 10.7. The van der Waals surface area contributed by atoms with E-state index in [1.54, 1.807) is 43.0 Å². The zero-order chi connectivity index (χ0) is 51.3. The molecule has 0 atom stereocenters. The van der Waals surface area contributed by atoms with Gasteiger partial charge in [-0.25, -0.2) is 31.9 Å². The van der Waals surface area contributed by atoms with Crippen molar-refractivity contribution in [2.75, 3.05) is 10.6 Å². The Bertz CT molecular complexity index is 3760. The molecule has 2 N–H and O–H groups in total. The quantitative estimate of drug-likeness (QED) is 0.0999. The van der Waals surface area contributed by atoms with Crippen LogP contribution in [0.25, 0.3) is 44.6 Å². The maximum absolute atomic E-state index is 14.8. The summed E-state index contributed by atoms with van der Waals surface area (Å²) in [7, 11) is 0. The van der Waals surface area contributed by atoms with Gasteiger partial charge in [-0.1, -0.05) is 12.1 Å². The van der Waals surface area contributed by atoms with E-state index < -0.39 is 69.7 Å². The summed E-state index contributed by atoms with van der Waals surface area (Å²) >= 11 is 0. The zero-order valence-corrected chi connectivity index (χ0v) is 37.9. The molecule has 0 saturated carbocycles. The van der Waals surface area contributed by atoms with Gasteiger partial charge in [0.05, 0.1) is 57.2 Å². The highest BCUT2D eigenvalue weighted by molar-refractivity contribution is 6.05. The Morgan fingerprint density at radius 3 is 1.47 bits per heavy atom. The number of benzene rings is 6. The van der Waals surface area contributed by atoms with Crippen LogP contribution in [0.4, 0.5) is 42.1 Å². The average molecular weight is 991 g/mol. The average Bonchev–Trinajstić information content (AvgIpc) is 3.39. The molecule has 0 radical (unpaired) electrons. The van der Waals surface area contributed by atoms with E-state index in [1.807, 2.05) is 43.4 Å². The summed E-state index contributed by atoms with van der Waals surface area (Å²) in [6.07, 6.45) is 6.54. The Balaban J connectivity index is 0.000000180. The van der Waals surface area contributed by atoms with Crippen molar-refractivity contribution in [3.05, 3.63) is 215 Å². The Morgan fingerprint density at radius 2 is 0.959 bits per heavy atom. The summed E-state index contributed by atoms with van der Waals surface area (Å²) in [6.45, 7) is 3.73. The topological polar surface area (TPSA) is 154 Å². The minimum absolute atomic E-state index is 0.0188. The molecule has 0 aliphatic carbocycles. The summed E-state index contributed by atoms with van der Waals surface area (Å²) in [6, 6.07) is 28.8. The number of carbonyl (C=O) groups is 2. The molecule has 10 rings (SSSR count). The fourth-order valence-electron chi connectivity index (χ4n) is 6.99. The molecule has 73 heavy (non-hydrogen) atoms. The third kappa shape index (κ3) is 11.1. The van der Waals surface area contributed by atoms with Gasteiger partial charge in [-0.15, -0.1) is 0 Å². The van der Waals surface area contributed by atoms with Crippen molar-refractivity contribution >= 4 is 45.3 Å². The molecule has 0 unspecified atom stereocenters. The number of anilines is 2. The van der Waals surface area contributed by atoms with Crippen LogP contribution in [0.3, 0.4) is 0 Å². The Kier molecular flexibility index (Phi) is 13.7. The third-order valence-electron chi connectivity index (χ3n) is 10.7. The number of halogens is 7. The van der Waals surface area contributed by atoms with Crippen LogP contribution in [0.1, 0.15) is 32.1 Å². The van der Waals surface area contributed by atoms with E-state index in [-0.39, 0.29) is 28.4 Å². The molecule has 10 aromatic rings. The number of ether oxygens (including phenoxy) is 2. The number of hydrogen-bond donors (Lipinski definition) is 2. The highest BCUT2D eigenvalue weighted by Gasteiger charge is 2.24. The highest BCUT2D eigenvalue weighted by atomic mass is 19.2. The normalized spacial score (nSPS) is 10.9. The molecule has 0 bridgehead atoms. The number of hydrogen-bond acceptors (Lipinski definition) is 10. The number of aromatic nitrogens is 6. The van der Waals surface area contributed by atoms with Crippen molar-refractivity contribution in [3.8, 4) is 45.5 Å². The summed E-state index contributed by atoms with van der Waals surface area (Å²) in [5.41, 5.74) is 4.93. The number of amides is 2. The summed E-state index contributed by atoms with van der Waals surface area (Å²) in [5, 5.41) is 4.27. The van der Waals surface area contributed by atoms with Crippen LogP contribution in [-0.4, -0.2) is 41.7 Å². The fourth-order valence-corrected chi connectivity index (χ4v) is 6.99. The number of fused-ring (bicyclic) bond motifs is 2. The molecule has 0 aliphatic rings. The molecule has 4 aromatic heterocycles. The highest BCUT2D eigenvalue weighted by Crippen LogP contribution is 2.35. The molecule has 0 fully saturated rings. The molecule has 12 nitrogen and oxygen atoms in total. The summed E-state index contributed by atoms with van der Waals surface area (Å²) < 4.78 is 111. The van der Waals surface area contributed by atoms with Gasteiger partial charge in [-0.3, -0.25) is 29.5 Å². The Hall–Kier alpha value is -9.65. The first-order valence-corrected chi connectivity index (χ1v) is 21.7. The van der Waals surface area contributed by atoms with E-state index in [0.717, 1.165) is 46.8 Å². The number of nitrogens with one attached hydrogen (secondary N) is 2. The maximum atomic E-state index is 14.8. The van der Waals surface area contributed by atoms with Crippen molar-refractivity contribution in [1.82, 2.24) is 29.9 Å². The number of pyridine rings is 2. The number of carbonyl (C=O) groups excluding carboxylic acids is 2. The second-order valence-electron chi connectivity index (χ2n) is 15.9. The molecule has 0 aliphatic heterocycles. The molecule has 6 aromatic carbocycles. The number of rotatable bonds is 10. The SMILES string of the molecule is Cc1ccc(-c2cnc3ccc(Oc4c(F)cc(NC(=O)c5cccc(F)c5)c(F)c4F)cc3n2)cn1.Cc1ccc(-c2cnc3ccc(Oc4ccc(NC(=O)c5cccc(F)c5)c(F)c4F)cc3n2)cn1. The lowest BCUT2D eigenvalue weighted by molar-refractivity contribution is 0.101. The minimum atomic E-state index is -1.65. The van der Waals surface area contributed by atoms with Crippen LogP contribution in [0.2, 0.25) is 0 Å². The van der Waals surface area contributed by atoms with Crippen molar-refractivity contribution in [3.63, 3.8) is 0 Å². The van der Waals surface area contributed by atoms with Gasteiger partial charge in [0, 0.05) is 64.2 Å². The van der Waals surface area contributed by atoms with E-state index in [1.165, 1.54) is 54.6 Å². The van der Waals surface area contributed by atoms with E-state index in [0.29, 0.717) is 39.5 Å². The lowest BCUT2D eigenvalue weighted by Crippen LogP contribution is -2.14. The van der Waals surface area contributed by atoms with Crippen molar-refractivity contribution in [2.24, 2.45) is 0 Å². The first kappa shape index (κ1) is 48.4. The molecule has 2 amide bonds. The van der Waals surface area contributed by atoms with Crippen molar-refractivity contribution in [1.29, 1.82) is 0 Å². The van der Waals surface area contributed by atoms with Gasteiger partial charge in [0.2, 0.25) is 17.4 Å². The Labute approximate surface area is 409 Å². The van der Waals surface area contributed by atoms with Gasteiger partial charge >= 0.3 is 0 Å². The summed E-state index contributed by atoms with van der Waals surface area (Å²) in [4.78, 5) is 50.8. The molecular formula is C54H33F7N8O4. The van der Waals surface area contributed by atoms with Gasteiger partial charge in [0.15, 0.2) is 23.2 Å². The Morgan fingerprint density at radius 1 is 0.452 bits per heavy atom. The van der Waals surface area contributed by atoms with Gasteiger partial charge in [0.25, 0.3) is 11.8 Å². The van der Waals surface area contributed by atoms with E-state index >= 15 is 0 Å². The van der Waals surface area contributed by atoms with Crippen LogP contribution < -0.4 is 20.1 Å². The molecule has 0 saturated heterocycles. The second-order valence-corrected chi connectivity index (χ2v) is 15.9. The number of aryl methyl sites for hydroxylation is 2. The number of nitrogens with zero attached hydrogens (tertiary/aromatic N) is 6. The molecule has 4 heterocycles. The molecular weight excluding hydrogens is 958 g/mol. The molecule has 0 spiro atoms. The van der Waals surface area contributed by atoms with Gasteiger partial charge in [-0.2, -0.15) is 8.78 Å². The standard InChI is InChI=1S/C27H16F4N4O2.C27H17F3N4O2/c1-14-5-6-16(12-32-14)23-13-33-20-8-7-18(10-21(20)34-23)37-26-19(29)11-22(24(30)25(26)31)35-27(36)15-3-2-4-17(28)9-15;1-15-5-6-17(13-31-15)23-14-32-20-8-7-19(12-22(20)33-23)36-24-10-9-21(25(29)26(24)30)34-27(35)16-3-2-4-18(28)11-16/h2-13H,1H3,(H,35,36);2-14H,1H3,(H,34,35). The minimum Gasteiger partial charge on any atom is -0.454 e. The monoisotopic (exact) mass is 990 g/mol. The molecule has 19 heteroatoms. The van der Waals surface area contributed by atoms with Crippen LogP contribution in [0, 0.1) is 54.6 Å². The largest absolute Gasteiger partial charge is 0.454 e. The first-order valence-electron chi connectivity index (χ1n) is 21.7. The van der Waals surface area contributed by atoms with Crippen LogP contribution in [0.15, 0.2) is 152 Å². The van der Waals surface area contributed by atoms with Crippen molar-refractivity contribution < 1.29 is 49.8 Å². The lowest BCUT2D eigenvalue weighted by atomic mass is 10.2. The lowest BCUT2D eigenvalue weighted by Gasteiger charge is -2.13. The van der Waals surface area contributed by atoms with E-state index in [9.17, 15) is 40.3 Å². The first-order chi connectivity index (χ1) is 35.1. The predicted octanol–water partition coefficient (Wildman–Crippen LogP) is 13.1. The smallest absolute Gasteiger partial charge is 0.255 e. The van der Waals surface area contributed by atoms with Gasteiger partial charge < -0.3 is 20.1 Å². The fraction of sp³-hybridized carbons (Fsp3) is 0.0370. The van der Waals surface area contributed by atoms with E-state index in [4.69, 9.17) is 9.47 Å².